The van der Waals surface area contributed by atoms with E-state index in [1.165, 1.54) is 24.3 Å². The van der Waals surface area contributed by atoms with E-state index in [1.807, 2.05) is 11.8 Å². The Kier molecular flexibility index (Phi) is 35.2. The highest BCUT2D eigenvalue weighted by atomic mass is 32.2. The second-order valence-electron chi connectivity index (χ2n) is 27.1. The van der Waals surface area contributed by atoms with E-state index in [4.69, 9.17) is 77.8 Å². The summed E-state index contributed by atoms with van der Waals surface area (Å²) in [6.07, 6.45) is -61.4. The molecule has 1 aromatic rings. The summed E-state index contributed by atoms with van der Waals surface area (Å²) in [5.41, 5.74) is 13.0. The zero-order chi connectivity index (χ0) is 77.3. The fraction of sp³-hybridized carbons (Fsp3) is 0.905. The molecule has 0 radical (unpaired) electrons. The van der Waals surface area contributed by atoms with Gasteiger partial charge >= 0.3 is 0 Å². The first-order chi connectivity index (χ1) is 51.4. The van der Waals surface area contributed by atoms with Crippen LogP contribution in [-0.4, -0.2) is 427 Å². The number of carbonyl (C=O) groups is 1. The molecule has 21 aliphatic heterocycles. The van der Waals surface area contributed by atoms with Gasteiger partial charge in [-0.1, -0.05) is 19.8 Å². The van der Waals surface area contributed by atoms with E-state index < -0.39 is 248 Å². The monoisotopic (exact) mass is 1600 g/mol. The van der Waals surface area contributed by atoms with Crippen molar-refractivity contribution in [1.82, 2.24) is 15.3 Å². The van der Waals surface area contributed by atoms with Crippen molar-refractivity contribution in [1.29, 1.82) is 0 Å². The van der Waals surface area contributed by atoms with Crippen molar-refractivity contribution in [3.63, 3.8) is 0 Å². The second kappa shape index (κ2) is 42.6. The van der Waals surface area contributed by atoms with Crippen LogP contribution in [0.2, 0.25) is 0 Å². The molecule has 41 nitrogen and oxygen atoms in total. The van der Waals surface area contributed by atoms with Crippen molar-refractivity contribution < 1.29 is 178 Å². The number of amides is 1. The molecule has 0 spiro atoms. The number of nitrogens with one attached hydrogen (secondary N) is 4. The molecule has 44 heteroatoms. The SMILES string of the molecule is CCSCC[NH+]=C(N)CCCCCCC(N)=[NH+]CCSCC1O[C@@H]2O[C@@H]3C(CO)O[C@@H](O[C@@H]4C(CO)O[C@@H](O[C@@H]5C(CSCCNC(=O)Cc6cnc[nH]6)O[C@@H](O[C@@H]6C(CO)O[C@H](O[C@@H]7C(CO)O[C@H](O[C@@H]8C(CO)O[C@H](O[C@H]1[C@H](O)C2O)C(O)[C@H]8O)C(O)[C@H]7O)C(O)[C@H]6O)C(O)[C@H]5O)C(O)[C@H]4O)C(O)[C@H]3O. The van der Waals surface area contributed by atoms with Gasteiger partial charge in [-0.2, -0.15) is 35.3 Å². The number of ether oxygens (including phenoxy) is 14. The third-order valence-corrected chi connectivity index (χ3v) is 22.5. The summed E-state index contributed by atoms with van der Waals surface area (Å²) < 4.78 is 83.8. The molecule has 1 amide bonds. The summed E-state index contributed by atoms with van der Waals surface area (Å²) >= 11 is 4.13. The van der Waals surface area contributed by atoms with Gasteiger partial charge in [0, 0.05) is 60.0 Å². The van der Waals surface area contributed by atoms with E-state index in [-0.39, 0.29) is 36.1 Å². The van der Waals surface area contributed by atoms with E-state index in [1.54, 1.807) is 0 Å². The highest BCUT2D eigenvalue weighted by Gasteiger charge is 2.60. The Morgan fingerprint density at radius 2 is 0.692 bits per heavy atom. The van der Waals surface area contributed by atoms with Crippen LogP contribution < -0.4 is 26.8 Å². The molecule has 27 N–H and O–H groups in total. The van der Waals surface area contributed by atoms with Crippen molar-refractivity contribution >= 4 is 52.9 Å². The maximum absolute atomic E-state index is 12.7. The van der Waals surface area contributed by atoms with Crippen LogP contribution >= 0.6 is 35.3 Å². The van der Waals surface area contributed by atoms with E-state index in [9.17, 15) is 102 Å². The second-order valence-corrected chi connectivity index (χ2v) is 30.7. The van der Waals surface area contributed by atoms with Gasteiger partial charge in [0.25, 0.3) is 0 Å². The maximum Gasteiger partial charge on any atom is 0.240 e. The van der Waals surface area contributed by atoms with Gasteiger partial charge in [-0.05, 0) is 18.6 Å². The summed E-state index contributed by atoms with van der Waals surface area (Å²) in [6.45, 7) is -1.92. The maximum atomic E-state index is 12.7. The number of carbonyl (C=O) groups excluding carboxylic acids is 1. The summed E-state index contributed by atoms with van der Waals surface area (Å²) in [6, 6.07) is 0. The van der Waals surface area contributed by atoms with Gasteiger partial charge in [0.15, 0.2) is 44.0 Å². The third-order valence-electron chi connectivity index (χ3n) is 19.5. The molecule has 22 rings (SSSR count). The number of aliphatic hydroxyl groups is 19. The standard InChI is InChI=1S/C63H107N7O34S3/c1-2-105-12-9-67-33(64)7-5-3-4-6-8-34(65)68-10-13-106-22-31-55-41(82)48(89)62(96-31)101-53-29(20-74)93-59(45(86)38(53)79)100-52-28(19-73)95-61(47(88)40(52)81)104-56-32(23-107-14-11-69-35(76)15-25-16-66-24-70-25)97-63(49(90)42(56)83)102-54-30(21-75)92-58(44(85)37(54)78)98-50-26(17-71)91-57(43(84)36(50)77)99-51-27(18-72)94-60(103-55)46(87)39(51)80/h16,24,26-32,36-63,71-75,77-90H,2-15,17-23H2,1H3,(H2,64,67)(H2,65,68)(H,66,70)(H,69,76)/p+2/t26?,27?,28?,29?,30?,31?,32?,36-,37-,38-,39-,40-,41-,42-,43?,44?,45?,46?,47?,48?,49?,50-,51-,52-,53-,54-,55-,56-,57-,58-,59+,60-,61+,62-,63+/m1/s1. The lowest BCUT2D eigenvalue weighted by Gasteiger charge is -2.50. The zero-order valence-electron chi connectivity index (χ0n) is 58.7. The fourth-order valence-electron chi connectivity index (χ4n) is 13.5. The molecular weight excluding hydrogens is 1490 g/mol. The molecule has 21 fully saturated rings. The number of H-pyrrole nitrogens is 1. The Morgan fingerprint density at radius 1 is 0.411 bits per heavy atom. The number of aromatic nitrogens is 2. The highest BCUT2D eigenvalue weighted by Crippen LogP contribution is 2.40. The lowest BCUT2D eigenvalue weighted by Crippen LogP contribution is -2.76. The third kappa shape index (κ3) is 22.5. The number of aromatic amines is 1. The molecular formula is C63H109N7O34S3+2. The van der Waals surface area contributed by atoms with Crippen LogP contribution in [0.5, 0.6) is 0 Å². The van der Waals surface area contributed by atoms with Crippen molar-refractivity contribution in [3.8, 4) is 0 Å². The first-order valence-electron chi connectivity index (χ1n) is 35.8. The largest absolute Gasteiger partial charge is 0.394 e. The molecule has 22 heterocycles. The molecule has 0 aliphatic carbocycles. The Hall–Kier alpha value is -2.65. The summed E-state index contributed by atoms with van der Waals surface area (Å²) in [7, 11) is 0. The predicted octanol–water partition coefficient (Wildman–Crippen LogP) is -14.7. The first kappa shape index (κ1) is 88.3. The summed E-state index contributed by atoms with van der Waals surface area (Å²) in [5.74, 6) is 3.04. The molecule has 0 aromatic carbocycles. The average Bonchev–Trinajstić information content (AvgIpc) is 1.31. The normalized spacial score (nSPS) is 43.5. The van der Waals surface area contributed by atoms with Gasteiger partial charge < -0.3 is 174 Å². The minimum atomic E-state index is -2.22. The number of amidine groups is 2. The van der Waals surface area contributed by atoms with Crippen LogP contribution in [0.25, 0.3) is 0 Å². The minimum absolute atomic E-state index is 0.0335. The van der Waals surface area contributed by atoms with Crippen LogP contribution in [0.1, 0.15) is 51.1 Å². The number of aliphatic hydroxyl groups excluding tert-OH is 19. The van der Waals surface area contributed by atoms with E-state index in [2.05, 4.69) is 32.2 Å². The van der Waals surface area contributed by atoms with E-state index in [0.29, 0.717) is 30.2 Å². The highest BCUT2D eigenvalue weighted by molar-refractivity contribution is 7.99. The molecule has 21 saturated heterocycles. The molecule has 14 unspecified atom stereocenters. The zero-order valence-corrected chi connectivity index (χ0v) is 61.1. The molecule has 616 valence electrons. The van der Waals surface area contributed by atoms with Crippen LogP contribution in [0.4, 0.5) is 0 Å². The molecule has 21 aliphatic rings. The van der Waals surface area contributed by atoms with Gasteiger partial charge in [0.2, 0.25) is 17.6 Å². The molecule has 35 atom stereocenters. The van der Waals surface area contributed by atoms with Gasteiger partial charge in [0.05, 0.1) is 71.1 Å². The number of rotatable bonds is 28. The number of nitrogens with two attached hydrogens (primary N) is 2. The number of hydrogen-bond acceptors (Lipinski definition) is 38. The van der Waals surface area contributed by atoms with Gasteiger partial charge in [-0.15, -0.1) is 0 Å². The number of hydrogen-bond donors (Lipinski definition) is 25. The van der Waals surface area contributed by atoms with E-state index >= 15 is 0 Å². The van der Waals surface area contributed by atoms with E-state index in [0.717, 1.165) is 67.8 Å². The summed E-state index contributed by atoms with van der Waals surface area (Å²) in [4.78, 5) is 25.8. The molecule has 14 bridgehead atoms. The quantitative estimate of drug-likeness (QED) is 0.0210. The van der Waals surface area contributed by atoms with Crippen LogP contribution in [0, 0.1) is 0 Å². The number of imidazole rings is 1. The lowest BCUT2D eigenvalue weighted by molar-refractivity contribution is -0.453. The van der Waals surface area contributed by atoms with Crippen LogP contribution in [-0.2, 0) is 77.5 Å². The smallest absolute Gasteiger partial charge is 0.240 e. The molecule has 1 aromatic heterocycles. The average molecular weight is 1600 g/mol. The van der Waals surface area contributed by atoms with Crippen LogP contribution in [0.3, 0.4) is 0 Å². The topological polar surface area (TPSA) is 651 Å². The van der Waals surface area contributed by atoms with Gasteiger partial charge in [0.1, 0.15) is 159 Å². The Balaban J connectivity index is 0.956. The van der Waals surface area contributed by atoms with Crippen molar-refractivity contribution in [2.75, 3.05) is 87.2 Å². The fourth-order valence-corrected chi connectivity index (χ4v) is 15.9. The Labute approximate surface area is 627 Å². The van der Waals surface area contributed by atoms with Gasteiger partial charge in [-0.25, -0.2) is 4.98 Å². The van der Waals surface area contributed by atoms with Crippen molar-refractivity contribution in [2.24, 2.45) is 11.5 Å². The predicted molar refractivity (Wildman–Crippen MR) is 365 cm³/mol. The number of thioether (sulfide) groups is 3. The number of nitrogens with zero attached hydrogens (tertiary/aromatic N) is 1. The molecule has 0 saturated carbocycles. The summed E-state index contributed by atoms with van der Waals surface area (Å²) in [5, 5.41) is 221. The van der Waals surface area contributed by atoms with Crippen molar-refractivity contribution in [3.05, 3.63) is 18.2 Å². The lowest BCUT2D eigenvalue weighted by atomic mass is 9.95. The number of unbranched alkanes of at least 4 members (excludes halogenated alkanes) is 3. The van der Waals surface area contributed by atoms with Gasteiger partial charge in [-0.3, -0.25) is 26.2 Å². The van der Waals surface area contributed by atoms with Crippen LogP contribution in [0.15, 0.2) is 12.5 Å². The Bertz CT molecular complexity index is 2830. The Morgan fingerprint density at radius 3 is 0.972 bits per heavy atom. The molecule has 107 heavy (non-hydrogen) atoms. The van der Waals surface area contributed by atoms with Crippen molar-refractivity contribution in [2.45, 2.75) is 267 Å². The first-order valence-corrected chi connectivity index (χ1v) is 39.2. The minimum Gasteiger partial charge on any atom is -0.394 e.